The lowest BCUT2D eigenvalue weighted by molar-refractivity contribution is -0.115. The zero-order chi connectivity index (χ0) is 12.4. The van der Waals surface area contributed by atoms with E-state index in [0.29, 0.717) is 6.04 Å². The minimum Gasteiger partial charge on any atom is -0.301 e. The topological polar surface area (TPSA) is 41.5 Å². The van der Waals surface area contributed by atoms with E-state index >= 15 is 0 Å². The number of amides is 1. The Balaban J connectivity index is 1.74. The average Bonchev–Trinajstić information content (AvgIpc) is 3.04. The van der Waals surface area contributed by atoms with Crippen molar-refractivity contribution in [1.82, 2.24) is 5.32 Å². The fourth-order valence-corrected chi connectivity index (χ4v) is 3.71. The van der Waals surface area contributed by atoms with Crippen molar-refractivity contribution in [3.05, 3.63) is 27.3 Å². The van der Waals surface area contributed by atoms with E-state index < -0.39 is 0 Å². The van der Waals surface area contributed by atoms with Crippen molar-refractivity contribution in [3.8, 4) is 0 Å². The molecule has 0 atom stereocenters. The molecule has 1 saturated heterocycles. The van der Waals surface area contributed by atoms with Gasteiger partial charge in [0.1, 0.15) is 0 Å². The van der Waals surface area contributed by atoms with Gasteiger partial charge in [-0.15, -0.1) is 0 Å². The average molecular weight is 278 g/mol. The molecule has 1 saturated carbocycles. The largest absolute Gasteiger partial charge is 0.301 e. The second kappa shape index (κ2) is 5.28. The molecule has 3 nitrogen and oxygen atoms in total. The van der Waals surface area contributed by atoms with Crippen LogP contribution in [0, 0.1) is 0 Å². The predicted octanol–water partition coefficient (Wildman–Crippen LogP) is 3.25. The molecule has 1 N–H and O–H groups in total. The molecule has 1 aromatic rings. The highest BCUT2D eigenvalue weighted by Crippen LogP contribution is 2.29. The zero-order valence-corrected chi connectivity index (χ0v) is 11.5. The zero-order valence-electron chi connectivity index (χ0n) is 9.89. The Bertz CT molecular complexity index is 499. The molecule has 0 radical (unpaired) electrons. The predicted molar refractivity (Wildman–Crippen MR) is 77.7 cm³/mol. The number of carbonyl (C=O) groups excluding carboxylic acids is 1. The fraction of sp³-hybridized carbons (Fsp3) is 0.385. The number of thiophene rings is 1. The van der Waals surface area contributed by atoms with Crippen molar-refractivity contribution in [2.24, 2.45) is 4.99 Å². The standard InChI is InChI=1S/C13H14N2OS2/c16-12-11(7-9-5-6-17-8-9)18-13(15-12)14-10-3-1-2-4-10/h5-8,10H,1-4H2,(H,14,15,16)/b11-7-. The lowest BCUT2D eigenvalue weighted by Crippen LogP contribution is -2.21. The molecular formula is C13H14N2OS2. The molecule has 1 aromatic heterocycles. The summed E-state index contributed by atoms with van der Waals surface area (Å²) in [7, 11) is 0. The number of thioether (sulfide) groups is 1. The highest BCUT2D eigenvalue weighted by Gasteiger charge is 2.25. The molecule has 0 unspecified atom stereocenters. The summed E-state index contributed by atoms with van der Waals surface area (Å²) in [6.45, 7) is 0. The van der Waals surface area contributed by atoms with Gasteiger partial charge in [0.2, 0.25) is 0 Å². The van der Waals surface area contributed by atoms with E-state index in [9.17, 15) is 4.79 Å². The normalized spacial score (nSPS) is 25.2. The summed E-state index contributed by atoms with van der Waals surface area (Å²) in [6, 6.07) is 2.42. The van der Waals surface area contributed by atoms with E-state index in [1.807, 2.05) is 22.9 Å². The molecule has 0 bridgehead atoms. The van der Waals surface area contributed by atoms with Gasteiger partial charge < -0.3 is 5.32 Å². The van der Waals surface area contributed by atoms with Crippen LogP contribution >= 0.6 is 23.1 Å². The first kappa shape index (κ1) is 12.0. The van der Waals surface area contributed by atoms with Gasteiger partial charge in [-0.2, -0.15) is 11.3 Å². The molecule has 94 valence electrons. The Morgan fingerprint density at radius 2 is 2.22 bits per heavy atom. The summed E-state index contributed by atoms with van der Waals surface area (Å²) in [5.74, 6) is -0.0250. The lowest BCUT2D eigenvalue weighted by Gasteiger charge is -2.02. The number of hydrogen-bond acceptors (Lipinski definition) is 4. The van der Waals surface area contributed by atoms with Crippen LogP contribution in [0.2, 0.25) is 0 Å². The van der Waals surface area contributed by atoms with Crippen LogP contribution in [0.15, 0.2) is 26.7 Å². The quantitative estimate of drug-likeness (QED) is 0.844. The first-order valence-corrected chi connectivity index (χ1v) is 7.88. The molecule has 18 heavy (non-hydrogen) atoms. The summed E-state index contributed by atoms with van der Waals surface area (Å²) in [5, 5.41) is 7.67. The maximum atomic E-state index is 11.8. The maximum Gasteiger partial charge on any atom is 0.264 e. The maximum absolute atomic E-state index is 11.8. The van der Waals surface area contributed by atoms with Gasteiger partial charge in [-0.3, -0.25) is 9.79 Å². The Hall–Kier alpha value is -1.07. The molecule has 2 heterocycles. The van der Waals surface area contributed by atoms with E-state index in [1.165, 1.54) is 24.6 Å². The summed E-state index contributed by atoms with van der Waals surface area (Å²) in [5.41, 5.74) is 1.08. The van der Waals surface area contributed by atoms with Gasteiger partial charge in [0, 0.05) is 0 Å². The van der Waals surface area contributed by atoms with Gasteiger partial charge >= 0.3 is 0 Å². The smallest absolute Gasteiger partial charge is 0.264 e. The lowest BCUT2D eigenvalue weighted by atomic mass is 10.3. The van der Waals surface area contributed by atoms with Crippen molar-refractivity contribution in [2.75, 3.05) is 0 Å². The number of amidine groups is 1. The van der Waals surface area contributed by atoms with Crippen LogP contribution < -0.4 is 5.32 Å². The van der Waals surface area contributed by atoms with Gasteiger partial charge in [-0.1, -0.05) is 12.8 Å². The molecule has 1 aliphatic carbocycles. The molecule has 5 heteroatoms. The summed E-state index contributed by atoms with van der Waals surface area (Å²) < 4.78 is 0. The van der Waals surface area contributed by atoms with Crippen molar-refractivity contribution in [3.63, 3.8) is 0 Å². The summed E-state index contributed by atoms with van der Waals surface area (Å²) in [4.78, 5) is 17.2. The van der Waals surface area contributed by atoms with Crippen molar-refractivity contribution in [2.45, 2.75) is 31.7 Å². The van der Waals surface area contributed by atoms with Crippen LogP contribution in [0.4, 0.5) is 0 Å². The fourth-order valence-electron chi connectivity index (χ4n) is 2.20. The Morgan fingerprint density at radius 3 is 2.94 bits per heavy atom. The van der Waals surface area contributed by atoms with Crippen LogP contribution in [0.1, 0.15) is 31.2 Å². The SMILES string of the molecule is O=C1NC(=NC2CCCC2)S/C1=C\c1ccsc1. The van der Waals surface area contributed by atoms with Crippen LogP contribution in [0.25, 0.3) is 6.08 Å². The Kier molecular flexibility index (Phi) is 3.52. The number of nitrogens with zero attached hydrogens (tertiary/aromatic N) is 1. The van der Waals surface area contributed by atoms with Crippen molar-refractivity contribution in [1.29, 1.82) is 0 Å². The Labute approximate surface area is 114 Å². The number of nitrogens with one attached hydrogen (secondary N) is 1. The summed E-state index contributed by atoms with van der Waals surface area (Å²) >= 11 is 3.09. The molecule has 1 aliphatic heterocycles. The van der Waals surface area contributed by atoms with Crippen molar-refractivity contribution >= 4 is 40.2 Å². The van der Waals surface area contributed by atoms with E-state index in [4.69, 9.17) is 0 Å². The minimum absolute atomic E-state index is 0.0250. The van der Waals surface area contributed by atoms with E-state index in [-0.39, 0.29) is 5.91 Å². The Morgan fingerprint density at radius 1 is 1.39 bits per heavy atom. The van der Waals surface area contributed by atoms with E-state index in [0.717, 1.165) is 28.5 Å². The number of carbonyl (C=O) groups is 1. The molecule has 2 fully saturated rings. The highest BCUT2D eigenvalue weighted by atomic mass is 32.2. The van der Waals surface area contributed by atoms with Crippen LogP contribution in [0.3, 0.4) is 0 Å². The molecule has 0 spiro atoms. The number of rotatable bonds is 2. The highest BCUT2D eigenvalue weighted by molar-refractivity contribution is 8.18. The number of hydrogen-bond donors (Lipinski definition) is 1. The molecule has 3 rings (SSSR count). The van der Waals surface area contributed by atoms with Gasteiger partial charge in [-0.05, 0) is 53.1 Å². The minimum atomic E-state index is -0.0250. The van der Waals surface area contributed by atoms with Crippen molar-refractivity contribution < 1.29 is 4.79 Å². The monoisotopic (exact) mass is 278 g/mol. The van der Waals surface area contributed by atoms with Crippen LogP contribution in [0.5, 0.6) is 0 Å². The third kappa shape index (κ3) is 2.67. The second-order valence-electron chi connectivity index (χ2n) is 4.49. The van der Waals surface area contributed by atoms with Gasteiger partial charge in [0.15, 0.2) is 5.17 Å². The first-order valence-electron chi connectivity index (χ1n) is 6.12. The molecule has 1 amide bonds. The molecule has 0 aromatic carbocycles. The van der Waals surface area contributed by atoms with Crippen LogP contribution in [-0.2, 0) is 4.79 Å². The van der Waals surface area contributed by atoms with Gasteiger partial charge in [0.25, 0.3) is 5.91 Å². The third-order valence-corrected chi connectivity index (χ3v) is 4.74. The van der Waals surface area contributed by atoms with E-state index in [2.05, 4.69) is 10.3 Å². The first-order chi connectivity index (χ1) is 8.81. The van der Waals surface area contributed by atoms with Crippen LogP contribution in [-0.4, -0.2) is 17.1 Å². The number of aliphatic imine (C=N–C) groups is 1. The third-order valence-electron chi connectivity index (χ3n) is 3.12. The van der Waals surface area contributed by atoms with E-state index in [1.54, 1.807) is 11.3 Å². The van der Waals surface area contributed by atoms with Gasteiger partial charge in [-0.25, -0.2) is 0 Å². The summed E-state index contributed by atoms with van der Waals surface area (Å²) in [6.07, 6.45) is 6.76. The molecular weight excluding hydrogens is 264 g/mol. The van der Waals surface area contributed by atoms with Gasteiger partial charge in [0.05, 0.1) is 10.9 Å². The molecule has 2 aliphatic rings. The second-order valence-corrected chi connectivity index (χ2v) is 6.30.